The van der Waals surface area contributed by atoms with Crippen LogP contribution in [-0.2, 0) is 4.74 Å². The molecule has 1 heterocycles. The Morgan fingerprint density at radius 1 is 1.19 bits per heavy atom. The number of halogens is 3. The predicted octanol–water partition coefficient (Wildman–Crippen LogP) is 4.03. The zero-order chi connectivity index (χ0) is 19.6. The van der Waals surface area contributed by atoms with Gasteiger partial charge < -0.3 is 14.8 Å². The van der Waals surface area contributed by atoms with Crippen molar-refractivity contribution in [2.24, 2.45) is 0 Å². The van der Waals surface area contributed by atoms with Crippen LogP contribution in [0, 0.1) is 10.1 Å². The number of fused-ring (bicyclic) bond motifs is 1. The number of nitrogens with one attached hydrogen (secondary N) is 1. The second-order valence-corrected chi connectivity index (χ2v) is 5.42. The van der Waals surface area contributed by atoms with Crippen molar-refractivity contribution in [1.82, 2.24) is 0 Å². The molecular formula is C17H11F3N2O5. The summed E-state index contributed by atoms with van der Waals surface area (Å²) in [6.07, 6.45) is -4.98. The van der Waals surface area contributed by atoms with E-state index in [1.54, 1.807) is 18.2 Å². The lowest BCUT2D eigenvalue weighted by atomic mass is 10.0. The van der Waals surface area contributed by atoms with E-state index in [2.05, 4.69) is 10.1 Å². The predicted molar refractivity (Wildman–Crippen MR) is 86.4 cm³/mol. The highest BCUT2D eigenvalue weighted by atomic mass is 19.4. The quantitative estimate of drug-likeness (QED) is 0.479. The molecule has 0 bridgehead atoms. The number of anilines is 1. The minimum atomic E-state index is -4.81. The fourth-order valence-corrected chi connectivity index (χ4v) is 2.50. The third-order valence-electron chi connectivity index (χ3n) is 3.64. The molecule has 1 aliphatic heterocycles. The van der Waals surface area contributed by atoms with Crippen LogP contribution in [0.25, 0.3) is 0 Å². The van der Waals surface area contributed by atoms with E-state index in [4.69, 9.17) is 4.74 Å². The van der Waals surface area contributed by atoms with Gasteiger partial charge in [0.15, 0.2) is 0 Å². The van der Waals surface area contributed by atoms with Gasteiger partial charge in [-0.15, -0.1) is 13.2 Å². The Labute approximate surface area is 150 Å². The molecule has 0 amide bonds. The van der Waals surface area contributed by atoms with Gasteiger partial charge in [-0.25, -0.2) is 4.79 Å². The van der Waals surface area contributed by atoms with Crippen LogP contribution in [0.5, 0.6) is 5.75 Å². The Bertz CT molecular complexity index is 910. The van der Waals surface area contributed by atoms with Crippen molar-refractivity contribution < 1.29 is 32.4 Å². The van der Waals surface area contributed by atoms with Crippen molar-refractivity contribution in [3.63, 3.8) is 0 Å². The molecule has 0 aromatic heterocycles. The number of rotatable bonds is 5. The molecule has 140 valence electrons. The van der Waals surface area contributed by atoms with E-state index in [0.717, 1.165) is 18.3 Å². The average Bonchev–Trinajstić information content (AvgIpc) is 2.92. The van der Waals surface area contributed by atoms with Crippen molar-refractivity contribution >= 4 is 11.7 Å². The molecule has 0 saturated heterocycles. The highest BCUT2D eigenvalue weighted by Crippen LogP contribution is 2.36. The summed E-state index contributed by atoms with van der Waals surface area (Å²) in [6.45, 7) is 0. The van der Waals surface area contributed by atoms with Gasteiger partial charge in [0.05, 0.1) is 16.7 Å². The minimum Gasteiger partial charge on any atom is -0.442 e. The summed E-state index contributed by atoms with van der Waals surface area (Å²) in [5.41, 5.74) is 0.454. The Kier molecular flexibility index (Phi) is 4.72. The molecule has 0 radical (unpaired) electrons. The van der Waals surface area contributed by atoms with Gasteiger partial charge in [0.2, 0.25) is 6.10 Å². The number of carbonyl (C=O) groups is 1. The van der Waals surface area contributed by atoms with E-state index < -0.39 is 34.8 Å². The Hall–Kier alpha value is -3.56. The van der Waals surface area contributed by atoms with Crippen LogP contribution in [0.1, 0.15) is 22.0 Å². The van der Waals surface area contributed by atoms with Gasteiger partial charge in [0.25, 0.3) is 0 Å². The van der Waals surface area contributed by atoms with Gasteiger partial charge in [-0.05, 0) is 30.3 Å². The molecule has 10 heteroatoms. The van der Waals surface area contributed by atoms with Crippen molar-refractivity contribution in [2.45, 2.75) is 12.5 Å². The van der Waals surface area contributed by atoms with Gasteiger partial charge in [-0.2, -0.15) is 0 Å². The van der Waals surface area contributed by atoms with Crippen LogP contribution >= 0.6 is 0 Å². The molecule has 3 rings (SSSR count). The molecule has 1 atom stereocenters. The van der Waals surface area contributed by atoms with E-state index >= 15 is 0 Å². The van der Waals surface area contributed by atoms with Gasteiger partial charge in [-0.3, -0.25) is 10.1 Å². The third kappa shape index (κ3) is 4.17. The number of ether oxygens (including phenoxy) is 2. The first-order valence-electron chi connectivity index (χ1n) is 7.51. The number of nitrogens with zero attached hydrogens (tertiary/aromatic N) is 1. The normalized spacial score (nSPS) is 16.5. The van der Waals surface area contributed by atoms with Crippen LogP contribution in [0.3, 0.4) is 0 Å². The van der Waals surface area contributed by atoms with Crippen LogP contribution in [0.4, 0.5) is 18.9 Å². The summed E-state index contributed by atoms with van der Waals surface area (Å²) < 4.78 is 45.3. The maximum absolute atomic E-state index is 12.1. The molecular weight excluding hydrogens is 369 g/mol. The maximum atomic E-state index is 12.1. The summed E-state index contributed by atoms with van der Waals surface area (Å²) in [6, 6.07) is 10.9. The van der Waals surface area contributed by atoms with Gasteiger partial charge in [-0.1, -0.05) is 18.2 Å². The molecule has 0 spiro atoms. The first kappa shape index (κ1) is 18.2. The maximum Gasteiger partial charge on any atom is 0.573 e. The smallest absolute Gasteiger partial charge is 0.442 e. The lowest BCUT2D eigenvalue weighted by molar-refractivity contribution is -0.436. The first-order valence-corrected chi connectivity index (χ1v) is 7.51. The standard InChI is InChI=1S/C17H11F3N2O5/c18-17(19,20)27-11-7-5-10(6-8-11)21-9-14(22(24)25)15-12-3-1-2-4-13(12)16(23)26-15/h1-9,15,21H/b14-9+/t15-/m0/s1. The monoisotopic (exact) mass is 380 g/mol. The largest absolute Gasteiger partial charge is 0.573 e. The molecule has 0 fully saturated rings. The number of hydrogen-bond donors (Lipinski definition) is 1. The molecule has 0 aliphatic carbocycles. The summed E-state index contributed by atoms with van der Waals surface area (Å²) >= 11 is 0. The van der Waals surface area contributed by atoms with E-state index in [1.807, 2.05) is 0 Å². The number of hydrogen-bond acceptors (Lipinski definition) is 6. The second kappa shape index (κ2) is 6.98. The van der Waals surface area contributed by atoms with Crippen molar-refractivity contribution in [1.29, 1.82) is 0 Å². The van der Waals surface area contributed by atoms with Gasteiger partial charge in [0.1, 0.15) is 5.75 Å². The molecule has 0 unspecified atom stereocenters. The van der Waals surface area contributed by atoms with E-state index in [9.17, 15) is 28.1 Å². The number of cyclic esters (lactones) is 1. The second-order valence-electron chi connectivity index (χ2n) is 5.42. The molecule has 2 aromatic rings. The van der Waals surface area contributed by atoms with Crippen LogP contribution < -0.4 is 10.1 Å². The van der Waals surface area contributed by atoms with Crippen molar-refractivity contribution in [3.8, 4) is 5.75 Å². The number of esters is 1. The summed E-state index contributed by atoms with van der Waals surface area (Å²) in [7, 11) is 0. The summed E-state index contributed by atoms with van der Waals surface area (Å²) in [4.78, 5) is 22.5. The Morgan fingerprint density at radius 3 is 2.48 bits per heavy atom. The molecule has 7 nitrogen and oxygen atoms in total. The Morgan fingerprint density at radius 2 is 1.85 bits per heavy atom. The topological polar surface area (TPSA) is 90.7 Å². The number of nitro groups is 1. The minimum absolute atomic E-state index is 0.240. The zero-order valence-electron chi connectivity index (χ0n) is 13.4. The van der Waals surface area contributed by atoms with E-state index in [-0.39, 0.29) is 11.3 Å². The molecule has 27 heavy (non-hydrogen) atoms. The van der Waals surface area contributed by atoms with Gasteiger partial charge in [0, 0.05) is 11.3 Å². The molecule has 2 aromatic carbocycles. The lowest BCUT2D eigenvalue weighted by Crippen LogP contribution is -2.17. The van der Waals surface area contributed by atoms with Crippen LogP contribution in [0.2, 0.25) is 0 Å². The molecule has 1 aliphatic rings. The number of carbonyl (C=O) groups excluding carboxylic acids is 1. The lowest BCUT2D eigenvalue weighted by Gasteiger charge is -2.10. The van der Waals surface area contributed by atoms with Crippen molar-refractivity contribution in [3.05, 3.63) is 81.7 Å². The SMILES string of the molecule is O=C1O[C@H](/C(=C\Nc2ccc(OC(F)(F)F)cc2)[N+](=O)[O-])c2ccccc21. The number of benzene rings is 2. The highest BCUT2D eigenvalue weighted by molar-refractivity contribution is 5.94. The molecule has 0 saturated carbocycles. The van der Waals surface area contributed by atoms with E-state index in [1.165, 1.54) is 18.2 Å². The van der Waals surface area contributed by atoms with E-state index in [0.29, 0.717) is 5.56 Å². The fourth-order valence-electron chi connectivity index (χ4n) is 2.50. The zero-order valence-corrected chi connectivity index (χ0v) is 13.4. The van der Waals surface area contributed by atoms with Crippen molar-refractivity contribution in [2.75, 3.05) is 5.32 Å². The highest BCUT2D eigenvalue weighted by Gasteiger charge is 2.39. The van der Waals surface area contributed by atoms with Crippen LogP contribution in [-0.4, -0.2) is 17.3 Å². The van der Waals surface area contributed by atoms with Gasteiger partial charge >= 0.3 is 18.0 Å². The first-order chi connectivity index (χ1) is 12.7. The summed E-state index contributed by atoms with van der Waals surface area (Å²) in [5, 5.41) is 14.0. The molecule has 1 N–H and O–H groups in total. The fraction of sp³-hybridized carbons (Fsp3) is 0.118. The third-order valence-corrected chi connectivity index (χ3v) is 3.64. The average molecular weight is 380 g/mol. The summed E-state index contributed by atoms with van der Waals surface area (Å²) in [5.74, 6) is -1.10. The number of alkyl halides is 3. The Balaban J connectivity index is 1.80. The van der Waals surface area contributed by atoms with Crippen LogP contribution in [0.15, 0.2) is 60.4 Å².